The van der Waals surface area contributed by atoms with Crippen molar-refractivity contribution in [3.63, 3.8) is 0 Å². The summed E-state index contributed by atoms with van der Waals surface area (Å²) in [4.78, 5) is 12.8. The van der Waals surface area contributed by atoms with E-state index in [1.165, 1.54) is 6.08 Å². The molecule has 1 aromatic heterocycles. The highest BCUT2D eigenvalue weighted by Crippen LogP contribution is 2.35. The molecule has 12 nitrogen and oxygen atoms in total. The molecule has 5 rings (SSSR count). The van der Waals surface area contributed by atoms with Crippen LogP contribution in [0.2, 0.25) is 0 Å². The van der Waals surface area contributed by atoms with Crippen LogP contribution in [-0.2, 0) is 46.6 Å². The second kappa shape index (κ2) is 14.1. The molecule has 0 saturated carbocycles. The van der Waals surface area contributed by atoms with E-state index in [0.29, 0.717) is 13.2 Å². The van der Waals surface area contributed by atoms with E-state index in [0.717, 1.165) is 75.4 Å². The molecule has 238 valence electrons. The number of hydrogen-bond acceptors (Lipinski definition) is 10. The molecule has 0 bridgehead atoms. The smallest absolute Gasteiger partial charge is 0.388 e. The maximum absolute atomic E-state index is 12.8. The van der Waals surface area contributed by atoms with E-state index in [1.54, 1.807) is 6.92 Å². The minimum Gasteiger partial charge on any atom is -0.480 e. The van der Waals surface area contributed by atoms with Crippen molar-refractivity contribution in [3.8, 4) is 0 Å². The Morgan fingerprint density at radius 2 is 2.05 bits per heavy atom. The minimum atomic E-state index is -4.13. The molecular formula is C31H40N4O8S. The van der Waals surface area contributed by atoms with Gasteiger partial charge in [0.25, 0.3) is 5.95 Å². The molecule has 1 saturated heterocycles. The van der Waals surface area contributed by atoms with E-state index in [2.05, 4.69) is 14.5 Å². The van der Waals surface area contributed by atoms with E-state index in [9.17, 15) is 18.3 Å². The van der Waals surface area contributed by atoms with Gasteiger partial charge in [-0.25, -0.2) is 4.68 Å². The lowest BCUT2D eigenvalue weighted by Crippen LogP contribution is -2.35. The zero-order valence-electron chi connectivity index (χ0n) is 25.4. The Labute approximate surface area is 257 Å². The number of fused-ring (bicyclic) bond motifs is 1. The van der Waals surface area contributed by atoms with E-state index >= 15 is 0 Å². The van der Waals surface area contributed by atoms with Gasteiger partial charge in [-0.05, 0) is 80.3 Å². The third kappa shape index (κ3) is 7.40. The number of aliphatic hydroxyl groups is 1. The Hall–Kier alpha value is -3.52. The number of aromatic nitrogens is 3. The molecule has 3 heterocycles. The molecule has 3 aromatic rings. The van der Waals surface area contributed by atoms with Crippen LogP contribution in [0.3, 0.4) is 0 Å². The van der Waals surface area contributed by atoms with Crippen molar-refractivity contribution in [2.45, 2.75) is 78.2 Å². The van der Waals surface area contributed by atoms with Crippen LogP contribution >= 0.6 is 0 Å². The molecule has 1 fully saturated rings. The molecule has 44 heavy (non-hydrogen) atoms. The Kier molecular flexibility index (Phi) is 10.2. The predicted molar refractivity (Wildman–Crippen MR) is 162 cm³/mol. The van der Waals surface area contributed by atoms with Gasteiger partial charge in [0.2, 0.25) is 0 Å². The van der Waals surface area contributed by atoms with Crippen LogP contribution in [0.4, 0.5) is 0 Å². The van der Waals surface area contributed by atoms with Crippen molar-refractivity contribution in [3.05, 3.63) is 70.2 Å². The van der Waals surface area contributed by atoms with E-state index in [1.807, 2.05) is 48.9 Å². The molecule has 2 atom stereocenters. The predicted octanol–water partition coefficient (Wildman–Crippen LogP) is 4.54. The first kappa shape index (κ1) is 31.9. The van der Waals surface area contributed by atoms with Crippen LogP contribution in [0.15, 0.2) is 42.4 Å². The quantitative estimate of drug-likeness (QED) is 0.224. The van der Waals surface area contributed by atoms with Crippen LogP contribution in [0, 0.1) is 13.8 Å². The topological polar surface area (TPSA) is 142 Å². The van der Waals surface area contributed by atoms with Crippen LogP contribution in [0.25, 0.3) is 11.0 Å². The van der Waals surface area contributed by atoms with Crippen molar-refractivity contribution >= 4 is 27.3 Å². The summed E-state index contributed by atoms with van der Waals surface area (Å²) >= 11 is 0. The summed E-state index contributed by atoms with van der Waals surface area (Å²) in [5.41, 5.74) is 5.94. The fourth-order valence-electron chi connectivity index (χ4n) is 5.67. The first-order valence-corrected chi connectivity index (χ1v) is 16.4. The van der Waals surface area contributed by atoms with Gasteiger partial charge in [0.1, 0.15) is 5.52 Å². The van der Waals surface area contributed by atoms with Crippen molar-refractivity contribution in [1.29, 1.82) is 0 Å². The van der Waals surface area contributed by atoms with Gasteiger partial charge < -0.3 is 23.5 Å². The number of carbonyl (C=O) groups is 1. The molecule has 1 N–H and O–H groups in total. The highest BCUT2D eigenvalue weighted by Gasteiger charge is 2.30. The first-order chi connectivity index (χ1) is 21.2. The molecule has 2 aliphatic heterocycles. The molecule has 0 spiro atoms. The second-order valence-corrected chi connectivity index (χ2v) is 12.6. The van der Waals surface area contributed by atoms with Gasteiger partial charge in [0.15, 0.2) is 6.29 Å². The highest BCUT2D eigenvalue weighted by atomic mass is 32.2. The number of aliphatic hydroxyl groups excluding tert-OH is 1. The van der Waals surface area contributed by atoms with Crippen molar-refractivity contribution in [2.24, 2.45) is 0 Å². The fourth-order valence-corrected chi connectivity index (χ4v) is 6.61. The molecule has 0 amide bonds. The van der Waals surface area contributed by atoms with Crippen LogP contribution in [-0.4, -0.2) is 71.4 Å². The lowest BCUT2D eigenvalue weighted by molar-refractivity contribution is -0.163. The van der Waals surface area contributed by atoms with Gasteiger partial charge in [0.05, 0.1) is 25.2 Å². The van der Waals surface area contributed by atoms with Crippen molar-refractivity contribution in [2.75, 3.05) is 26.4 Å². The van der Waals surface area contributed by atoms with Crippen molar-refractivity contribution in [1.82, 2.24) is 19.3 Å². The van der Waals surface area contributed by atoms with E-state index in [-0.39, 0.29) is 44.3 Å². The minimum absolute atomic E-state index is 0.0178. The second-order valence-electron chi connectivity index (χ2n) is 11.1. The lowest BCUT2D eigenvalue weighted by Gasteiger charge is -2.25. The normalized spacial score (nSPS) is 19.3. The summed E-state index contributed by atoms with van der Waals surface area (Å²) in [6, 6.07) is 9.77. The third-order valence-electron chi connectivity index (χ3n) is 8.09. The average Bonchev–Trinajstić information content (AvgIpc) is 3.41. The monoisotopic (exact) mass is 628 g/mol. The standard InChI is InChI=1S/C31H40N4O8S/c1-4-40-29(37)19-26(23-10-9-21(2)24(18-23)20-34-15-13-28(36)43-44(34,38)39)25-11-12-27-31(22(25)3)32-33-35(27)14-7-17-42-30-8-5-6-16-41-30/h9-13,18,26,30,36H,4-8,14-17,19-20H2,1-3H3. The Bertz CT molecular complexity index is 1610. The summed E-state index contributed by atoms with van der Waals surface area (Å²) in [6.07, 6.45) is 5.18. The van der Waals surface area contributed by atoms with Crippen LogP contribution in [0.1, 0.15) is 72.8 Å². The Morgan fingerprint density at radius 3 is 2.80 bits per heavy atom. The van der Waals surface area contributed by atoms with Crippen LogP contribution < -0.4 is 0 Å². The largest absolute Gasteiger partial charge is 0.480 e. The number of rotatable bonds is 12. The number of ether oxygens (including phenoxy) is 3. The number of benzene rings is 2. The van der Waals surface area contributed by atoms with E-state index in [4.69, 9.17) is 14.2 Å². The van der Waals surface area contributed by atoms with Gasteiger partial charge in [0, 0.05) is 38.2 Å². The molecule has 13 heteroatoms. The van der Waals surface area contributed by atoms with Crippen LogP contribution in [0.5, 0.6) is 0 Å². The molecule has 0 aliphatic carbocycles. The number of nitrogens with zero attached hydrogens (tertiary/aromatic N) is 4. The summed E-state index contributed by atoms with van der Waals surface area (Å²) in [6.45, 7) is 7.90. The molecule has 2 unspecified atom stereocenters. The number of esters is 1. The lowest BCUT2D eigenvalue weighted by atomic mass is 9.84. The third-order valence-corrected chi connectivity index (χ3v) is 9.38. The van der Waals surface area contributed by atoms with Crippen molar-refractivity contribution < 1.29 is 36.7 Å². The summed E-state index contributed by atoms with van der Waals surface area (Å²) < 4.78 is 49.5. The van der Waals surface area contributed by atoms with Gasteiger partial charge in [-0.2, -0.15) is 12.7 Å². The van der Waals surface area contributed by atoms with E-state index < -0.39 is 16.2 Å². The number of carbonyl (C=O) groups excluding carboxylic acids is 1. The van der Waals surface area contributed by atoms with Gasteiger partial charge in [-0.3, -0.25) is 4.79 Å². The maximum atomic E-state index is 12.8. The highest BCUT2D eigenvalue weighted by molar-refractivity contribution is 7.84. The van der Waals surface area contributed by atoms with Gasteiger partial charge in [-0.1, -0.05) is 29.5 Å². The number of hydrogen-bond donors (Lipinski definition) is 1. The zero-order chi connectivity index (χ0) is 31.3. The first-order valence-electron chi connectivity index (χ1n) is 15.1. The molecular weight excluding hydrogens is 588 g/mol. The maximum Gasteiger partial charge on any atom is 0.388 e. The molecule has 0 radical (unpaired) electrons. The average molecular weight is 629 g/mol. The summed E-state index contributed by atoms with van der Waals surface area (Å²) in [7, 11) is -4.13. The summed E-state index contributed by atoms with van der Waals surface area (Å²) in [5, 5.41) is 18.4. The van der Waals surface area contributed by atoms with Gasteiger partial charge in [-0.15, -0.1) is 5.10 Å². The Morgan fingerprint density at radius 1 is 1.20 bits per heavy atom. The zero-order valence-corrected chi connectivity index (χ0v) is 26.2. The molecule has 2 aliphatic rings. The Balaban J connectivity index is 1.39. The fraction of sp³-hybridized carbons (Fsp3) is 0.516. The molecule has 2 aromatic carbocycles. The number of aryl methyl sites for hydroxylation is 3. The SMILES string of the molecule is CCOC(=O)CC(c1ccc(C)c(CN2CC=C(O)OS2(=O)=O)c1)c1ccc2c(nnn2CCCOC2CCCCO2)c1C. The van der Waals surface area contributed by atoms with Gasteiger partial charge >= 0.3 is 16.3 Å². The summed E-state index contributed by atoms with van der Waals surface area (Å²) in [5.74, 6) is -1.34.